The molecule has 0 radical (unpaired) electrons. The van der Waals surface area contributed by atoms with Crippen LogP contribution in [0.3, 0.4) is 0 Å². The van der Waals surface area contributed by atoms with Gasteiger partial charge in [0.05, 0.1) is 35.3 Å². The summed E-state index contributed by atoms with van der Waals surface area (Å²) in [6.07, 6.45) is 42.6. The van der Waals surface area contributed by atoms with E-state index in [2.05, 4.69) is 41.8 Å². The lowest BCUT2D eigenvalue weighted by atomic mass is 10.0. The van der Waals surface area contributed by atoms with Gasteiger partial charge in [-0.3, -0.25) is 0 Å². The molecule has 0 aliphatic carbocycles. The zero-order chi connectivity index (χ0) is 31.7. The lowest BCUT2D eigenvalue weighted by Gasteiger charge is -2.35. The van der Waals surface area contributed by atoms with E-state index < -0.39 is 8.07 Å². The molecule has 0 aliphatic heterocycles. The number of halogens is 1. The number of nitrogens with zero attached hydrogens (tertiary/aromatic N) is 1. The minimum Gasteiger partial charge on any atom is -1.00 e. The maximum absolute atomic E-state index is 2.54. The monoisotopic (exact) mass is 702 g/mol. The number of rotatable bonds is 36. The third kappa shape index (κ3) is 31.3. The topological polar surface area (TPSA) is 0 Å². The molecule has 0 bridgehead atoms. The van der Waals surface area contributed by atoms with Crippen molar-refractivity contribution in [2.45, 2.75) is 238 Å². The lowest BCUT2D eigenvalue weighted by Crippen LogP contribution is -3.00. The summed E-state index contributed by atoms with van der Waals surface area (Å²) in [6.45, 7) is 12.3. The number of hydrogen-bond donors (Lipinski definition) is 0. The van der Waals surface area contributed by atoms with Gasteiger partial charge in [0.25, 0.3) is 0 Å². The van der Waals surface area contributed by atoms with E-state index in [1.54, 1.807) is 43.4 Å². The highest BCUT2D eigenvalue weighted by Crippen LogP contribution is 2.34. The van der Waals surface area contributed by atoms with Crippen molar-refractivity contribution in [2.75, 3.05) is 27.2 Å². The molecular weight excluding hydrogens is 614 g/mol. The van der Waals surface area contributed by atoms with E-state index in [0.29, 0.717) is 0 Å². The Balaban J connectivity index is 0. The van der Waals surface area contributed by atoms with Crippen molar-refractivity contribution in [3.8, 4) is 0 Å². The van der Waals surface area contributed by atoms with Gasteiger partial charge in [0, 0.05) is 0 Å². The summed E-state index contributed by atoms with van der Waals surface area (Å²) >= 11 is 0. The van der Waals surface area contributed by atoms with Gasteiger partial charge >= 0.3 is 0 Å². The first-order valence-corrected chi connectivity index (χ1v) is 23.6. The summed E-state index contributed by atoms with van der Waals surface area (Å²) in [5.41, 5.74) is 0. The fourth-order valence-corrected chi connectivity index (χ4v) is 13.0. The molecule has 1 nitrogen and oxygen atoms in total. The zero-order valence-corrected chi connectivity index (χ0v) is 34.7. The van der Waals surface area contributed by atoms with Crippen molar-refractivity contribution in [2.24, 2.45) is 0 Å². The molecule has 0 spiro atoms. The molecule has 0 saturated heterocycles. The summed E-state index contributed by atoms with van der Waals surface area (Å²) in [5, 5.41) is 0. The van der Waals surface area contributed by atoms with Crippen LogP contribution >= 0.6 is 0 Å². The van der Waals surface area contributed by atoms with Gasteiger partial charge in [-0.05, 0) is 19.3 Å². The van der Waals surface area contributed by atoms with E-state index in [1.165, 1.54) is 185 Å². The molecule has 0 aliphatic rings. The molecule has 0 heterocycles. The van der Waals surface area contributed by atoms with E-state index in [-0.39, 0.29) is 17.0 Å². The van der Waals surface area contributed by atoms with Crippen LogP contribution < -0.4 is 17.0 Å². The minimum atomic E-state index is -1.13. The smallest absolute Gasteiger partial charge is 0.0782 e. The summed E-state index contributed by atoms with van der Waals surface area (Å²) in [6, 6.07) is 6.59. The highest BCUT2D eigenvalue weighted by Gasteiger charge is 2.31. The average Bonchev–Trinajstić information content (AvgIpc) is 2.99. The van der Waals surface area contributed by atoms with E-state index in [0.717, 1.165) is 0 Å². The zero-order valence-electron chi connectivity index (χ0n) is 32.1. The van der Waals surface area contributed by atoms with Crippen LogP contribution in [0.5, 0.6) is 0 Å². The maximum atomic E-state index is 2.54. The van der Waals surface area contributed by atoms with Crippen molar-refractivity contribution in [1.29, 1.82) is 0 Å². The number of quaternary nitrogens is 1. The summed E-state index contributed by atoms with van der Waals surface area (Å²) in [5.74, 6) is 0. The Morgan fingerprint density at radius 1 is 0.295 bits per heavy atom. The van der Waals surface area contributed by atoms with Gasteiger partial charge in [-0.1, -0.05) is 219 Å². The standard InChI is InChI=1S/C41H88NSi.BrH/c1-7-11-15-19-20-21-22-23-24-25-26-27-28-29-30-31-36-42(5,6)37-35-41-43(38-32-16-12-8-2,39-33-17-13-9-3)40-34-18-14-10-4;/h7-41H2,1-6H3;1H/q+1;/p-1. The van der Waals surface area contributed by atoms with Gasteiger partial charge in [0.2, 0.25) is 0 Å². The first-order chi connectivity index (χ1) is 20.9. The van der Waals surface area contributed by atoms with Crippen LogP contribution in [0.15, 0.2) is 0 Å². The molecule has 0 aromatic rings. The Hall–Kier alpha value is 0.657. The molecule has 0 N–H and O–H groups in total. The predicted octanol–water partition coefficient (Wildman–Crippen LogP) is 11.9. The second kappa shape index (κ2) is 35.0. The molecule has 0 amide bonds. The van der Waals surface area contributed by atoms with Gasteiger partial charge in [0.15, 0.2) is 0 Å². The Morgan fingerprint density at radius 2 is 0.523 bits per heavy atom. The van der Waals surface area contributed by atoms with Crippen LogP contribution in [0.2, 0.25) is 24.2 Å². The first kappa shape index (κ1) is 46.8. The Morgan fingerprint density at radius 3 is 0.841 bits per heavy atom. The fraction of sp³-hybridized carbons (Fsp3) is 1.00. The van der Waals surface area contributed by atoms with Crippen molar-refractivity contribution in [3.05, 3.63) is 0 Å². The molecule has 0 unspecified atom stereocenters. The maximum Gasteiger partial charge on any atom is 0.0782 e. The average molecular weight is 703 g/mol. The van der Waals surface area contributed by atoms with Gasteiger partial charge in [0.1, 0.15) is 0 Å². The normalized spacial score (nSPS) is 12.1. The molecule has 0 atom stereocenters. The number of unbranched alkanes of at least 4 members (excludes halogenated alkanes) is 24. The Kier molecular flexibility index (Phi) is 37.2. The highest BCUT2D eigenvalue weighted by molar-refractivity contribution is 6.79. The minimum absolute atomic E-state index is 0. The van der Waals surface area contributed by atoms with Gasteiger partial charge in [-0.25, -0.2) is 0 Å². The van der Waals surface area contributed by atoms with Crippen LogP contribution in [-0.2, 0) is 0 Å². The summed E-state index contributed by atoms with van der Waals surface area (Å²) < 4.78 is 1.27. The van der Waals surface area contributed by atoms with E-state index in [9.17, 15) is 0 Å². The van der Waals surface area contributed by atoms with Crippen LogP contribution in [-0.4, -0.2) is 39.7 Å². The quantitative estimate of drug-likeness (QED) is 0.0346. The molecule has 3 heteroatoms. The van der Waals surface area contributed by atoms with Crippen LogP contribution in [0.4, 0.5) is 0 Å². The van der Waals surface area contributed by atoms with E-state index in [1.807, 2.05) is 0 Å². The molecule has 0 rings (SSSR count). The molecule has 268 valence electrons. The van der Waals surface area contributed by atoms with Crippen LogP contribution in [0.25, 0.3) is 0 Å². The third-order valence-corrected chi connectivity index (χ3v) is 16.4. The van der Waals surface area contributed by atoms with Crippen molar-refractivity contribution in [1.82, 2.24) is 0 Å². The van der Waals surface area contributed by atoms with Crippen molar-refractivity contribution in [3.63, 3.8) is 0 Å². The van der Waals surface area contributed by atoms with E-state index >= 15 is 0 Å². The second-order valence-corrected chi connectivity index (χ2v) is 20.7. The molecule has 0 aromatic carbocycles. The third-order valence-electron chi connectivity index (χ3n) is 10.8. The van der Waals surface area contributed by atoms with Crippen LogP contribution in [0, 0.1) is 0 Å². The summed E-state index contributed by atoms with van der Waals surface area (Å²) in [4.78, 5) is 0. The van der Waals surface area contributed by atoms with Gasteiger partial charge < -0.3 is 21.5 Å². The number of hydrogen-bond acceptors (Lipinski definition) is 0. The SMILES string of the molecule is CCCCCCCCCCCCCCCCCC[N+](C)(C)CCC[Si](CCCCCC)(CCCCCC)CCCCCC.[Br-]. The largest absolute Gasteiger partial charge is 1.00 e. The molecular formula is C41H88BrNSi. The van der Waals surface area contributed by atoms with Crippen LogP contribution in [0.1, 0.15) is 214 Å². The Bertz CT molecular complexity index is 505. The van der Waals surface area contributed by atoms with Crippen molar-refractivity contribution >= 4 is 8.07 Å². The van der Waals surface area contributed by atoms with Crippen molar-refractivity contribution < 1.29 is 21.5 Å². The second-order valence-electron chi connectivity index (χ2n) is 15.7. The lowest BCUT2D eigenvalue weighted by molar-refractivity contribution is -0.890. The predicted molar refractivity (Wildman–Crippen MR) is 203 cm³/mol. The molecule has 44 heavy (non-hydrogen) atoms. The van der Waals surface area contributed by atoms with E-state index in [4.69, 9.17) is 0 Å². The molecule has 0 saturated carbocycles. The summed E-state index contributed by atoms with van der Waals surface area (Å²) in [7, 11) is 3.95. The Labute approximate surface area is 293 Å². The fourth-order valence-electron chi connectivity index (χ4n) is 7.61. The van der Waals surface area contributed by atoms with Gasteiger partial charge in [-0.2, -0.15) is 0 Å². The molecule has 0 aromatic heterocycles. The molecule has 0 fully saturated rings. The van der Waals surface area contributed by atoms with Gasteiger partial charge in [-0.15, -0.1) is 0 Å². The first-order valence-electron chi connectivity index (χ1n) is 20.8. The highest BCUT2D eigenvalue weighted by atomic mass is 79.9.